The van der Waals surface area contributed by atoms with Crippen LogP contribution in [0.5, 0.6) is 0 Å². The summed E-state index contributed by atoms with van der Waals surface area (Å²) in [6.45, 7) is 2.70. The van der Waals surface area contributed by atoms with Gasteiger partial charge in [-0.1, -0.05) is 11.6 Å². The standard InChI is InChI=1S/C32H33FN6O2S/c1-3-38-15-14-30(36-38)42(41)37(2)27-10-7-24-16-29-23(20-35-39(29)26-11-8-25(33)9-12-26)17-32(24,18-27)31(40)28-13-6-22(19-34-28)21-4-5-21/h6,8-9,11-16,19-21,27H,3-5,7,10,17-18H2,1-2H3. The zero-order valence-electron chi connectivity index (χ0n) is 23.7. The van der Waals surface area contributed by atoms with E-state index in [0.29, 0.717) is 42.4 Å². The summed E-state index contributed by atoms with van der Waals surface area (Å²) in [5.41, 5.74) is 4.50. The van der Waals surface area contributed by atoms with Gasteiger partial charge in [0.05, 0.1) is 23.0 Å². The fraction of sp³-hybridized carbons (Fsp3) is 0.375. The maximum absolute atomic E-state index is 14.5. The highest BCUT2D eigenvalue weighted by atomic mass is 32.2. The van der Waals surface area contributed by atoms with Crippen LogP contribution in [0.3, 0.4) is 0 Å². The molecule has 3 aliphatic carbocycles. The molecule has 42 heavy (non-hydrogen) atoms. The van der Waals surface area contributed by atoms with E-state index in [0.717, 1.165) is 28.9 Å². The Morgan fingerprint density at radius 1 is 1.12 bits per heavy atom. The number of nitrogens with zero attached hydrogens (tertiary/aromatic N) is 6. The fourth-order valence-electron chi connectivity index (χ4n) is 6.52. The van der Waals surface area contributed by atoms with Crippen LogP contribution in [-0.4, -0.2) is 51.9 Å². The molecule has 2 fully saturated rings. The molecule has 3 atom stereocenters. The van der Waals surface area contributed by atoms with Crippen molar-refractivity contribution in [2.45, 2.75) is 69.0 Å². The number of hydrogen-bond acceptors (Lipinski definition) is 5. The highest BCUT2D eigenvalue weighted by molar-refractivity contribution is 7.82. The molecule has 0 N–H and O–H groups in total. The molecule has 8 nitrogen and oxygen atoms in total. The third-order valence-electron chi connectivity index (χ3n) is 9.10. The van der Waals surface area contributed by atoms with E-state index in [2.05, 4.69) is 21.3 Å². The topological polar surface area (TPSA) is 85.9 Å². The summed E-state index contributed by atoms with van der Waals surface area (Å²) in [5.74, 6) is 0.253. The normalized spacial score (nSPS) is 22.4. The van der Waals surface area contributed by atoms with E-state index >= 15 is 0 Å². The minimum atomic E-state index is -1.46. The Hall–Kier alpha value is -3.76. The van der Waals surface area contributed by atoms with Crippen LogP contribution in [0, 0.1) is 11.2 Å². The summed E-state index contributed by atoms with van der Waals surface area (Å²) in [7, 11) is 0.407. The first-order chi connectivity index (χ1) is 20.4. The molecule has 3 aromatic heterocycles. The number of carbonyl (C=O) groups is 1. The summed E-state index contributed by atoms with van der Waals surface area (Å²) in [6, 6.07) is 11.9. The van der Waals surface area contributed by atoms with E-state index in [4.69, 9.17) is 0 Å². The lowest BCUT2D eigenvalue weighted by Crippen LogP contribution is -2.48. The molecule has 0 bridgehead atoms. The van der Waals surface area contributed by atoms with Gasteiger partial charge >= 0.3 is 0 Å². The van der Waals surface area contributed by atoms with Crippen molar-refractivity contribution >= 4 is 22.8 Å². The lowest BCUT2D eigenvalue weighted by Gasteiger charge is -2.45. The molecular weight excluding hydrogens is 551 g/mol. The molecule has 0 amide bonds. The number of halogens is 1. The highest BCUT2D eigenvalue weighted by Gasteiger charge is 2.50. The van der Waals surface area contributed by atoms with Crippen molar-refractivity contribution in [1.82, 2.24) is 28.9 Å². The second kappa shape index (κ2) is 10.5. The quantitative estimate of drug-likeness (QED) is 0.255. The molecule has 3 heterocycles. The molecule has 0 aliphatic heterocycles. The van der Waals surface area contributed by atoms with E-state index in [1.165, 1.54) is 30.5 Å². The minimum Gasteiger partial charge on any atom is -0.291 e. The van der Waals surface area contributed by atoms with Crippen LogP contribution in [0.15, 0.2) is 71.7 Å². The summed E-state index contributed by atoms with van der Waals surface area (Å²) in [4.78, 5) is 19.2. The lowest BCUT2D eigenvalue weighted by atomic mass is 9.60. The van der Waals surface area contributed by atoms with Gasteiger partial charge in [0.15, 0.2) is 10.8 Å². The third kappa shape index (κ3) is 4.66. The first-order valence-corrected chi connectivity index (χ1v) is 15.7. The summed E-state index contributed by atoms with van der Waals surface area (Å²) < 4.78 is 32.7. The van der Waals surface area contributed by atoms with Gasteiger partial charge in [0.1, 0.15) is 22.5 Å². The number of hydrogen-bond donors (Lipinski definition) is 0. The Morgan fingerprint density at radius 3 is 2.62 bits per heavy atom. The van der Waals surface area contributed by atoms with Crippen molar-refractivity contribution < 1.29 is 13.4 Å². The zero-order valence-corrected chi connectivity index (χ0v) is 24.6. The van der Waals surface area contributed by atoms with Gasteiger partial charge in [0, 0.05) is 32.0 Å². The van der Waals surface area contributed by atoms with Crippen LogP contribution >= 0.6 is 0 Å². The van der Waals surface area contributed by atoms with Crippen LogP contribution in [-0.2, 0) is 24.0 Å². The number of rotatable bonds is 8. The summed E-state index contributed by atoms with van der Waals surface area (Å²) >= 11 is 0. The second-order valence-electron chi connectivity index (χ2n) is 11.7. The van der Waals surface area contributed by atoms with Gasteiger partial charge in [-0.25, -0.2) is 17.6 Å². The molecular formula is C32H33FN6O2S. The maximum atomic E-state index is 14.5. The van der Waals surface area contributed by atoms with Gasteiger partial charge in [0.25, 0.3) is 0 Å². The molecule has 1 aromatic carbocycles. The van der Waals surface area contributed by atoms with E-state index in [1.54, 1.807) is 22.9 Å². The average molecular weight is 585 g/mol. The first kappa shape index (κ1) is 27.1. The lowest BCUT2D eigenvalue weighted by molar-refractivity contribution is 0.0749. The van der Waals surface area contributed by atoms with Crippen molar-refractivity contribution in [3.8, 4) is 5.69 Å². The van der Waals surface area contributed by atoms with Crippen LogP contribution in [0.1, 0.15) is 72.3 Å². The molecule has 4 aromatic rings. The number of pyridine rings is 1. The van der Waals surface area contributed by atoms with Gasteiger partial charge in [-0.15, -0.1) is 0 Å². The molecule has 0 radical (unpaired) electrons. The molecule has 0 saturated heterocycles. The number of carbonyl (C=O) groups excluding carboxylic acids is 1. The largest absolute Gasteiger partial charge is 0.291 e. The minimum absolute atomic E-state index is 0.00424. The number of benzene rings is 1. The number of aryl methyl sites for hydroxylation is 1. The predicted molar refractivity (Wildman–Crippen MR) is 158 cm³/mol. The first-order valence-electron chi connectivity index (χ1n) is 14.6. The van der Waals surface area contributed by atoms with Crippen LogP contribution < -0.4 is 0 Å². The average Bonchev–Trinajstić information content (AvgIpc) is 3.63. The fourth-order valence-corrected chi connectivity index (χ4v) is 7.62. The monoisotopic (exact) mass is 584 g/mol. The van der Waals surface area contributed by atoms with Gasteiger partial charge in [0.2, 0.25) is 0 Å². The summed E-state index contributed by atoms with van der Waals surface area (Å²) in [6.07, 6.45) is 12.4. The zero-order chi connectivity index (χ0) is 29.0. The third-order valence-corrected chi connectivity index (χ3v) is 10.5. The molecule has 2 saturated carbocycles. The molecule has 10 heteroatoms. The van der Waals surface area contributed by atoms with Gasteiger partial charge in [-0.3, -0.25) is 14.5 Å². The predicted octanol–water partition coefficient (Wildman–Crippen LogP) is 5.52. The Kier molecular flexibility index (Phi) is 6.78. The summed E-state index contributed by atoms with van der Waals surface area (Å²) in [5, 5.41) is 9.63. The Bertz CT molecular complexity index is 1710. The number of allylic oxidation sites excluding steroid dienone is 1. The number of aromatic nitrogens is 5. The molecule has 216 valence electrons. The highest BCUT2D eigenvalue weighted by Crippen LogP contribution is 2.51. The van der Waals surface area contributed by atoms with E-state index in [9.17, 15) is 13.4 Å². The van der Waals surface area contributed by atoms with E-state index in [-0.39, 0.29) is 17.6 Å². The molecule has 7 rings (SSSR count). The molecule has 0 spiro atoms. The SMILES string of the molecule is CCn1ccc(S(=O)N(C)C2CCC3=Cc4c(cnn4-c4ccc(F)cc4)CC3(C(=O)c3ccc(C4CC4)cn3)C2)n1. The molecule has 3 unspecified atom stereocenters. The van der Waals surface area contributed by atoms with Gasteiger partial charge in [-0.2, -0.15) is 10.2 Å². The van der Waals surface area contributed by atoms with E-state index < -0.39 is 16.4 Å². The Balaban J connectivity index is 1.25. The van der Waals surface area contributed by atoms with Crippen molar-refractivity contribution in [1.29, 1.82) is 0 Å². The van der Waals surface area contributed by atoms with Crippen LogP contribution in [0.2, 0.25) is 0 Å². The van der Waals surface area contributed by atoms with Crippen LogP contribution in [0.25, 0.3) is 11.8 Å². The smallest absolute Gasteiger partial charge is 0.191 e. The van der Waals surface area contributed by atoms with Gasteiger partial charge in [-0.05, 0) is 105 Å². The van der Waals surface area contributed by atoms with Crippen molar-refractivity contribution in [3.63, 3.8) is 0 Å². The molecule has 3 aliphatic rings. The number of fused-ring (bicyclic) bond motifs is 2. The number of Topliss-reactive ketones (excluding diaryl/α,β-unsaturated/α-hetero) is 1. The van der Waals surface area contributed by atoms with Gasteiger partial charge < -0.3 is 0 Å². The Labute approximate surface area is 246 Å². The second-order valence-corrected chi connectivity index (χ2v) is 13.1. The van der Waals surface area contributed by atoms with Crippen molar-refractivity contribution in [2.75, 3.05) is 7.05 Å². The van der Waals surface area contributed by atoms with Crippen molar-refractivity contribution in [2.24, 2.45) is 5.41 Å². The maximum Gasteiger partial charge on any atom is 0.191 e. The number of ketones is 1. The van der Waals surface area contributed by atoms with Crippen LogP contribution in [0.4, 0.5) is 4.39 Å². The Morgan fingerprint density at radius 2 is 1.93 bits per heavy atom. The van der Waals surface area contributed by atoms with E-state index in [1.807, 2.05) is 53.7 Å². The van der Waals surface area contributed by atoms with Crippen molar-refractivity contribution in [3.05, 3.63) is 95.0 Å².